The van der Waals surface area contributed by atoms with Crippen LogP contribution in [0.3, 0.4) is 0 Å². The van der Waals surface area contributed by atoms with Crippen molar-refractivity contribution in [1.29, 1.82) is 0 Å². The minimum Gasteiger partial charge on any atom is -0.465 e. The Morgan fingerprint density at radius 2 is 2.00 bits per heavy atom. The largest absolute Gasteiger partial charge is 0.574 e. The molecule has 0 aliphatic heterocycles. The first kappa shape index (κ1) is 15.9. The fraction of sp³-hybridized carbons (Fsp3) is 0.333. The van der Waals surface area contributed by atoms with Crippen LogP contribution in [0.15, 0.2) is 6.07 Å². The van der Waals surface area contributed by atoms with Gasteiger partial charge in [0.2, 0.25) is 5.88 Å². The molecule has 0 aliphatic carbocycles. The molecule has 0 aromatic carbocycles. The molecule has 0 amide bonds. The number of rotatable bonds is 3. The number of esters is 1. The van der Waals surface area contributed by atoms with E-state index >= 15 is 0 Å². The highest BCUT2D eigenvalue weighted by Crippen LogP contribution is 2.35. The van der Waals surface area contributed by atoms with E-state index in [1.807, 2.05) is 0 Å². The summed E-state index contributed by atoms with van der Waals surface area (Å²) in [6.07, 6.45) is -8.58. The normalized spacial score (nSPS) is 11.6. The van der Waals surface area contributed by atoms with Gasteiger partial charge in [0.15, 0.2) is 0 Å². The SMILES string of the molecule is COC(=O)c1cc(I)nc(OC(F)(F)F)c1C(F)F. The number of halogens is 6. The molecule has 106 valence electrons. The van der Waals surface area contributed by atoms with E-state index in [0.717, 1.165) is 13.2 Å². The molecule has 19 heavy (non-hydrogen) atoms. The maximum atomic E-state index is 12.8. The van der Waals surface area contributed by atoms with Gasteiger partial charge in [-0.3, -0.25) is 0 Å². The molecule has 1 heterocycles. The zero-order chi connectivity index (χ0) is 14.8. The number of ether oxygens (including phenoxy) is 2. The highest BCUT2D eigenvalue weighted by atomic mass is 127. The summed E-state index contributed by atoms with van der Waals surface area (Å²) in [5.41, 5.74) is -1.99. The van der Waals surface area contributed by atoms with Crippen molar-refractivity contribution in [2.24, 2.45) is 0 Å². The van der Waals surface area contributed by atoms with Gasteiger partial charge in [-0.1, -0.05) is 0 Å². The second kappa shape index (κ2) is 5.84. The number of hydrogen-bond donors (Lipinski definition) is 0. The van der Waals surface area contributed by atoms with Crippen LogP contribution in [0.1, 0.15) is 22.3 Å². The molecule has 0 radical (unpaired) electrons. The molecule has 1 aromatic heterocycles. The summed E-state index contributed by atoms with van der Waals surface area (Å²) in [7, 11) is 0.912. The van der Waals surface area contributed by atoms with Crippen LogP contribution in [-0.4, -0.2) is 24.4 Å². The molecule has 0 spiro atoms. The molecular weight excluding hydrogens is 392 g/mol. The van der Waals surface area contributed by atoms with Crippen LogP contribution >= 0.6 is 22.6 Å². The molecule has 0 atom stereocenters. The molecule has 1 aromatic rings. The summed E-state index contributed by atoms with van der Waals surface area (Å²) in [4.78, 5) is 14.5. The first-order chi connectivity index (χ1) is 8.65. The van der Waals surface area contributed by atoms with Gasteiger partial charge >= 0.3 is 12.3 Å². The third kappa shape index (κ3) is 4.14. The van der Waals surface area contributed by atoms with Crippen molar-refractivity contribution in [3.63, 3.8) is 0 Å². The second-order valence-electron chi connectivity index (χ2n) is 3.05. The third-order valence-corrected chi connectivity index (χ3v) is 2.38. The number of hydrogen-bond acceptors (Lipinski definition) is 4. The van der Waals surface area contributed by atoms with E-state index in [0.29, 0.717) is 0 Å². The van der Waals surface area contributed by atoms with Crippen LogP contribution in [0.5, 0.6) is 5.88 Å². The Morgan fingerprint density at radius 3 is 2.42 bits per heavy atom. The predicted octanol–water partition coefficient (Wildman–Crippen LogP) is 3.31. The monoisotopic (exact) mass is 397 g/mol. The molecule has 10 heteroatoms. The number of carbonyl (C=O) groups is 1. The summed E-state index contributed by atoms with van der Waals surface area (Å²) in [5, 5.41) is 0. The number of alkyl halides is 5. The standard InChI is InChI=1S/C9H5F5INO3/c1-18-8(17)3-2-4(15)16-7(5(3)6(10)11)19-9(12,13)14/h2,6H,1H3. The van der Waals surface area contributed by atoms with Crippen LogP contribution in [0.25, 0.3) is 0 Å². The molecule has 0 N–H and O–H groups in total. The maximum absolute atomic E-state index is 12.8. The molecule has 1 rings (SSSR count). The van der Waals surface area contributed by atoms with Crippen LogP contribution in [-0.2, 0) is 4.74 Å². The molecule has 0 saturated heterocycles. The summed E-state index contributed by atoms with van der Waals surface area (Å²) in [6, 6.07) is 0.886. The van der Waals surface area contributed by atoms with Gasteiger partial charge in [0.25, 0.3) is 6.43 Å². The van der Waals surface area contributed by atoms with Gasteiger partial charge in [0.1, 0.15) is 3.70 Å². The van der Waals surface area contributed by atoms with Gasteiger partial charge in [0, 0.05) is 0 Å². The molecule has 0 aliphatic rings. The predicted molar refractivity (Wildman–Crippen MR) is 59.9 cm³/mol. The number of carbonyl (C=O) groups excluding carboxylic acids is 1. The Kier molecular flexibility index (Phi) is 4.87. The maximum Gasteiger partial charge on any atom is 0.574 e. The van der Waals surface area contributed by atoms with Crippen LogP contribution in [0.2, 0.25) is 0 Å². The lowest BCUT2D eigenvalue weighted by Gasteiger charge is -2.14. The molecule has 0 unspecified atom stereocenters. The lowest BCUT2D eigenvalue weighted by molar-refractivity contribution is -0.276. The number of nitrogens with zero attached hydrogens (tertiary/aromatic N) is 1. The fourth-order valence-corrected chi connectivity index (χ4v) is 1.71. The van der Waals surface area contributed by atoms with Gasteiger partial charge < -0.3 is 9.47 Å². The fourth-order valence-electron chi connectivity index (χ4n) is 1.18. The van der Waals surface area contributed by atoms with Crippen molar-refractivity contribution < 1.29 is 36.2 Å². The first-order valence-corrected chi connectivity index (χ1v) is 5.56. The number of aromatic nitrogens is 1. The molecule has 0 fully saturated rings. The second-order valence-corrected chi connectivity index (χ2v) is 4.16. The van der Waals surface area contributed by atoms with Crippen LogP contribution in [0, 0.1) is 3.70 Å². The van der Waals surface area contributed by atoms with E-state index < -0.39 is 35.8 Å². The van der Waals surface area contributed by atoms with Gasteiger partial charge in [-0.05, 0) is 28.7 Å². The Bertz CT molecular complexity index is 491. The van der Waals surface area contributed by atoms with Gasteiger partial charge in [-0.25, -0.2) is 18.6 Å². The van der Waals surface area contributed by atoms with Crippen molar-refractivity contribution in [2.45, 2.75) is 12.8 Å². The van der Waals surface area contributed by atoms with E-state index in [1.165, 1.54) is 22.6 Å². The van der Waals surface area contributed by atoms with E-state index in [9.17, 15) is 26.7 Å². The van der Waals surface area contributed by atoms with Gasteiger partial charge in [-0.2, -0.15) is 0 Å². The smallest absolute Gasteiger partial charge is 0.465 e. The Hall–Kier alpha value is -1.20. The Morgan fingerprint density at radius 1 is 1.42 bits per heavy atom. The minimum absolute atomic E-state index is 0.123. The highest BCUT2D eigenvalue weighted by Gasteiger charge is 2.36. The third-order valence-electron chi connectivity index (χ3n) is 1.83. The first-order valence-electron chi connectivity index (χ1n) is 4.48. The number of methoxy groups -OCH3 is 1. The molecule has 0 saturated carbocycles. The van der Waals surface area contributed by atoms with Crippen LogP contribution < -0.4 is 4.74 Å². The summed E-state index contributed by atoms with van der Waals surface area (Å²) >= 11 is 1.46. The zero-order valence-electron chi connectivity index (χ0n) is 9.09. The van der Waals surface area contributed by atoms with E-state index in [4.69, 9.17) is 0 Å². The van der Waals surface area contributed by atoms with Crippen molar-refractivity contribution in [3.05, 3.63) is 20.9 Å². The minimum atomic E-state index is -5.20. The van der Waals surface area contributed by atoms with E-state index in [2.05, 4.69) is 14.5 Å². The topological polar surface area (TPSA) is 48.4 Å². The Labute approximate surface area is 117 Å². The van der Waals surface area contributed by atoms with Crippen LogP contribution in [0.4, 0.5) is 22.0 Å². The average Bonchev–Trinajstić information content (AvgIpc) is 2.24. The van der Waals surface area contributed by atoms with Crippen molar-refractivity contribution in [1.82, 2.24) is 4.98 Å². The summed E-state index contributed by atoms with van der Waals surface area (Å²) < 4.78 is 69.4. The lowest BCUT2D eigenvalue weighted by atomic mass is 10.1. The van der Waals surface area contributed by atoms with Crippen molar-refractivity contribution in [3.8, 4) is 5.88 Å². The highest BCUT2D eigenvalue weighted by molar-refractivity contribution is 14.1. The Balaban J connectivity index is 3.44. The summed E-state index contributed by atoms with van der Waals surface area (Å²) in [5.74, 6) is -2.57. The molecular formula is C9H5F5INO3. The van der Waals surface area contributed by atoms with E-state index in [1.54, 1.807) is 0 Å². The molecule has 0 bridgehead atoms. The molecule has 4 nitrogen and oxygen atoms in total. The average molecular weight is 397 g/mol. The van der Waals surface area contributed by atoms with Crippen molar-refractivity contribution in [2.75, 3.05) is 7.11 Å². The number of pyridine rings is 1. The van der Waals surface area contributed by atoms with Gasteiger partial charge in [-0.15, -0.1) is 13.2 Å². The quantitative estimate of drug-likeness (QED) is 0.340. The van der Waals surface area contributed by atoms with Gasteiger partial charge in [0.05, 0.1) is 18.2 Å². The zero-order valence-corrected chi connectivity index (χ0v) is 11.3. The summed E-state index contributed by atoms with van der Waals surface area (Å²) in [6.45, 7) is 0. The lowest BCUT2D eigenvalue weighted by Crippen LogP contribution is -2.21. The van der Waals surface area contributed by atoms with Crippen molar-refractivity contribution >= 4 is 28.6 Å². The van der Waals surface area contributed by atoms with E-state index in [-0.39, 0.29) is 3.70 Å².